The Morgan fingerprint density at radius 3 is 1.09 bits per heavy atom. The molecule has 0 saturated carbocycles. The van der Waals surface area contributed by atoms with Crippen molar-refractivity contribution in [2.45, 2.75) is 20.8 Å². The molecule has 0 aliphatic rings. The molecule has 0 fully saturated rings. The van der Waals surface area contributed by atoms with Crippen molar-refractivity contribution in [1.82, 2.24) is 0 Å². The van der Waals surface area contributed by atoms with Gasteiger partial charge in [0.05, 0.1) is 0 Å². The van der Waals surface area contributed by atoms with Crippen LogP contribution in [0.25, 0.3) is 0 Å². The van der Waals surface area contributed by atoms with Gasteiger partial charge in [-0.3, -0.25) is 4.79 Å². The number of rotatable bonds is 2. The van der Waals surface area contributed by atoms with Crippen molar-refractivity contribution in [2.75, 3.05) is 19.8 Å². The van der Waals surface area contributed by atoms with Crippen LogP contribution in [0.3, 0.4) is 0 Å². The maximum Gasteiger partial charge on any atom is 0.193 e. The van der Waals surface area contributed by atoms with Crippen LogP contribution >= 0.6 is 0 Å². The first kappa shape index (κ1) is 23.3. The molecule has 23 heavy (non-hydrogen) atoms. The molecule has 0 aromatic heterocycles. The van der Waals surface area contributed by atoms with Crippen LogP contribution in [0.15, 0.2) is 60.7 Å². The van der Waals surface area contributed by atoms with E-state index in [0.717, 1.165) is 11.1 Å². The van der Waals surface area contributed by atoms with Crippen LogP contribution in [0, 0.1) is 0 Å². The van der Waals surface area contributed by atoms with Gasteiger partial charge in [0.2, 0.25) is 0 Å². The SMILES string of the molecule is CCO.CCO.CCO.O=C(c1ccccc1)c1ccccc1. The van der Waals surface area contributed by atoms with Crippen LogP contribution in [0.1, 0.15) is 36.7 Å². The van der Waals surface area contributed by atoms with Gasteiger partial charge in [-0.1, -0.05) is 60.7 Å². The third-order valence-corrected chi connectivity index (χ3v) is 2.07. The molecule has 0 aliphatic heterocycles. The van der Waals surface area contributed by atoms with Gasteiger partial charge >= 0.3 is 0 Å². The van der Waals surface area contributed by atoms with E-state index in [1.54, 1.807) is 20.8 Å². The van der Waals surface area contributed by atoms with Crippen LogP contribution in [0.4, 0.5) is 0 Å². The lowest BCUT2D eigenvalue weighted by Crippen LogP contribution is -1.99. The summed E-state index contributed by atoms with van der Waals surface area (Å²) in [6.07, 6.45) is 0. The predicted octanol–water partition coefficient (Wildman–Crippen LogP) is 2.91. The number of aliphatic hydroxyl groups is 3. The van der Waals surface area contributed by atoms with Gasteiger partial charge in [-0.05, 0) is 20.8 Å². The Labute approximate surface area is 139 Å². The molecule has 0 heterocycles. The fourth-order valence-electron chi connectivity index (χ4n) is 1.35. The van der Waals surface area contributed by atoms with Gasteiger partial charge in [0.1, 0.15) is 0 Å². The lowest BCUT2D eigenvalue weighted by atomic mass is 10.0. The van der Waals surface area contributed by atoms with Gasteiger partial charge in [0.25, 0.3) is 0 Å². The van der Waals surface area contributed by atoms with E-state index in [1.807, 2.05) is 60.7 Å². The quantitative estimate of drug-likeness (QED) is 0.744. The summed E-state index contributed by atoms with van der Waals surface area (Å²) < 4.78 is 0. The molecule has 4 nitrogen and oxygen atoms in total. The number of aliphatic hydroxyl groups excluding tert-OH is 3. The number of hydrogen-bond acceptors (Lipinski definition) is 4. The Balaban J connectivity index is 0. The molecule has 0 amide bonds. The fraction of sp³-hybridized carbons (Fsp3) is 0.316. The van der Waals surface area contributed by atoms with Crippen LogP contribution in [0.2, 0.25) is 0 Å². The van der Waals surface area contributed by atoms with Gasteiger partial charge in [0, 0.05) is 30.9 Å². The summed E-state index contributed by atoms with van der Waals surface area (Å²) in [6.45, 7) is 5.79. The van der Waals surface area contributed by atoms with Crippen molar-refractivity contribution in [3.8, 4) is 0 Å². The van der Waals surface area contributed by atoms with E-state index in [0.29, 0.717) is 0 Å². The number of ketones is 1. The van der Waals surface area contributed by atoms with E-state index in [1.165, 1.54) is 0 Å². The highest BCUT2D eigenvalue weighted by molar-refractivity contribution is 6.08. The van der Waals surface area contributed by atoms with Crippen molar-refractivity contribution in [1.29, 1.82) is 0 Å². The summed E-state index contributed by atoms with van der Waals surface area (Å²) in [6, 6.07) is 18.6. The van der Waals surface area contributed by atoms with Crippen LogP contribution < -0.4 is 0 Å². The predicted molar refractivity (Wildman–Crippen MR) is 94.6 cm³/mol. The molecule has 0 radical (unpaired) electrons. The highest BCUT2D eigenvalue weighted by Crippen LogP contribution is 2.08. The zero-order valence-corrected chi connectivity index (χ0v) is 14.1. The average Bonchev–Trinajstić information content (AvgIpc) is 2.58. The van der Waals surface area contributed by atoms with Crippen molar-refractivity contribution >= 4 is 5.78 Å². The molecule has 128 valence electrons. The Bertz CT molecular complexity index is 423. The van der Waals surface area contributed by atoms with Crippen molar-refractivity contribution in [3.05, 3.63) is 71.8 Å². The lowest BCUT2D eigenvalue weighted by molar-refractivity contribution is 0.103. The molecule has 4 heteroatoms. The molecular weight excluding hydrogens is 292 g/mol. The number of hydrogen-bond donors (Lipinski definition) is 3. The van der Waals surface area contributed by atoms with E-state index < -0.39 is 0 Å². The Morgan fingerprint density at radius 1 is 0.652 bits per heavy atom. The smallest absolute Gasteiger partial charge is 0.193 e. The van der Waals surface area contributed by atoms with Gasteiger partial charge in [0.15, 0.2) is 5.78 Å². The lowest BCUT2D eigenvalue weighted by Gasteiger charge is -1.99. The van der Waals surface area contributed by atoms with E-state index in [9.17, 15) is 4.79 Å². The second-order valence-electron chi connectivity index (χ2n) is 4.01. The molecule has 0 aliphatic carbocycles. The molecular formula is C19H28O4. The summed E-state index contributed by atoms with van der Waals surface area (Å²) in [5, 5.41) is 22.7. The van der Waals surface area contributed by atoms with Crippen LogP contribution in [0.5, 0.6) is 0 Å². The zero-order chi connectivity index (χ0) is 17.9. The standard InChI is InChI=1S/C13H10O.3C2H6O/c14-13(11-7-3-1-4-8-11)12-9-5-2-6-10-12;3*1-2-3/h1-10H;3*3H,2H2,1H3. The molecule has 2 aromatic rings. The minimum Gasteiger partial charge on any atom is -0.397 e. The van der Waals surface area contributed by atoms with Crippen LogP contribution in [-0.2, 0) is 0 Å². The number of carbonyl (C=O) groups is 1. The minimum atomic E-state index is 0.0752. The molecule has 3 N–H and O–H groups in total. The van der Waals surface area contributed by atoms with Gasteiger partial charge < -0.3 is 15.3 Å². The summed E-state index contributed by atoms with van der Waals surface area (Å²) >= 11 is 0. The summed E-state index contributed by atoms with van der Waals surface area (Å²) in [5.41, 5.74) is 1.47. The minimum absolute atomic E-state index is 0.0752. The van der Waals surface area contributed by atoms with E-state index in [4.69, 9.17) is 15.3 Å². The van der Waals surface area contributed by atoms with E-state index in [2.05, 4.69) is 0 Å². The maximum atomic E-state index is 11.8. The third kappa shape index (κ3) is 13.4. The highest BCUT2D eigenvalue weighted by atomic mass is 16.3. The largest absolute Gasteiger partial charge is 0.397 e. The van der Waals surface area contributed by atoms with Gasteiger partial charge in [-0.25, -0.2) is 0 Å². The van der Waals surface area contributed by atoms with E-state index >= 15 is 0 Å². The summed E-state index contributed by atoms with van der Waals surface area (Å²) in [5.74, 6) is 0.0752. The first-order valence-electron chi connectivity index (χ1n) is 7.60. The average molecular weight is 320 g/mol. The third-order valence-electron chi connectivity index (χ3n) is 2.07. The number of benzene rings is 2. The van der Waals surface area contributed by atoms with Crippen molar-refractivity contribution < 1.29 is 20.1 Å². The topological polar surface area (TPSA) is 77.8 Å². The van der Waals surface area contributed by atoms with Crippen molar-refractivity contribution in [2.24, 2.45) is 0 Å². The van der Waals surface area contributed by atoms with Gasteiger partial charge in [-0.15, -0.1) is 0 Å². The molecule has 2 aromatic carbocycles. The molecule has 0 bridgehead atoms. The molecule has 2 rings (SSSR count). The second kappa shape index (κ2) is 18.0. The Kier molecular flexibility index (Phi) is 18.2. The second-order valence-corrected chi connectivity index (χ2v) is 4.01. The van der Waals surface area contributed by atoms with Crippen molar-refractivity contribution in [3.63, 3.8) is 0 Å². The highest BCUT2D eigenvalue weighted by Gasteiger charge is 2.06. The zero-order valence-electron chi connectivity index (χ0n) is 14.1. The summed E-state index contributed by atoms with van der Waals surface area (Å²) in [7, 11) is 0. The molecule has 0 saturated heterocycles. The van der Waals surface area contributed by atoms with E-state index in [-0.39, 0.29) is 25.6 Å². The molecule has 0 atom stereocenters. The first-order valence-corrected chi connectivity index (χ1v) is 7.60. The Morgan fingerprint density at radius 2 is 0.870 bits per heavy atom. The molecule has 0 spiro atoms. The fourth-order valence-corrected chi connectivity index (χ4v) is 1.35. The molecule has 0 unspecified atom stereocenters. The monoisotopic (exact) mass is 320 g/mol. The Hall–Kier alpha value is -2.01. The van der Waals surface area contributed by atoms with Gasteiger partial charge in [-0.2, -0.15) is 0 Å². The van der Waals surface area contributed by atoms with Crippen LogP contribution in [-0.4, -0.2) is 40.9 Å². The first-order chi connectivity index (χ1) is 11.1. The number of carbonyl (C=O) groups excluding carboxylic acids is 1. The summed E-state index contributed by atoms with van der Waals surface area (Å²) in [4.78, 5) is 11.8. The maximum absolute atomic E-state index is 11.8. The normalized spacial score (nSPS) is 8.26.